The summed E-state index contributed by atoms with van der Waals surface area (Å²) in [6, 6.07) is 1.81. The number of carbonyl (C=O) groups excluding carboxylic acids is 1. The summed E-state index contributed by atoms with van der Waals surface area (Å²) in [4.78, 5) is 23.8. The third-order valence-electron chi connectivity index (χ3n) is 4.78. The zero-order valence-corrected chi connectivity index (χ0v) is 14.3. The minimum absolute atomic E-state index is 0.0825. The summed E-state index contributed by atoms with van der Waals surface area (Å²) >= 11 is 0. The van der Waals surface area contributed by atoms with E-state index in [1.807, 2.05) is 6.20 Å². The molecule has 1 N–H and O–H groups in total. The summed E-state index contributed by atoms with van der Waals surface area (Å²) in [5.41, 5.74) is 2.73. The molecule has 1 saturated heterocycles. The molecule has 0 bridgehead atoms. The predicted molar refractivity (Wildman–Crippen MR) is 91.3 cm³/mol. The highest BCUT2D eigenvalue weighted by Crippen LogP contribution is 2.20. The fourth-order valence-electron chi connectivity index (χ4n) is 3.40. The van der Waals surface area contributed by atoms with Crippen molar-refractivity contribution in [1.29, 1.82) is 0 Å². The number of amides is 1. The number of anilines is 1. The van der Waals surface area contributed by atoms with Crippen LogP contribution in [-0.2, 0) is 24.8 Å². The molecule has 25 heavy (non-hydrogen) atoms. The number of nitrogens with one attached hydrogen (secondary N) is 1. The molecule has 0 saturated carbocycles. The monoisotopic (exact) mass is 342 g/mol. The van der Waals surface area contributed by atoms with Crippen molar-refractivity contribution in [2.75, 3.05) is 24.6 Å². The van der Waals surface area contributed by atoms with Crippen LogP contribution in [0.25, 0.3) is 0 Å². The second-order valence-corrected chi connectivity index (χ2v) is 6.54. The fourth-order valence-corrected chi connectivity index (χ4v) is 3.40. The number of hydrogen-bond acceptors (Lipinski definition) is 6. The van der Waals surface area contributed by atoms with E-state index in [4.69, 9.17) is 9.72 Å². The molecule has 2 aliphatic heterocycles. The number of piperidine rings is 1. The van der Waals surface area contributed by atoms with Crippen molar-refractivity contribution in [1.82, 2.24) is 25.1 Å². The molecule has 8 heteroatoms. The standard InChI is InChI=1S/C17H22N6O2/c1-22-15(4-6-19-22)16(24)20-13-3-2-7-23(10-13)17-18-9-12-11-25-8-5-14(12)21-17/h4,6,9,13H,2-3,5,7-8,10-11H2,1H3,(H,20,24)/t13-/m1/s1. The van der Waals surface area contributed by atoms with E-state index in [1.54, 1.807) is 24.0 Å². The highest BCUT2D eigenvalue weighted by atomic mass is 16.5. The van der Waals surface area contributed by atoms with Gasteiger partial charge in [-0.25, -0.2) is 9.97 Å². The lowest BCUT2D eigenvalue weighted by Gasteiger charge is -2.33. The first-order valence-corrected chi connectivity index (χ1v) is 8.67. The molecule has 2 aromatic rings. The lowest BCUT2D eigenvalue weighted by Crippen LogP contribution is -2.48. The van der Waals surface area contributed by atoms with Crippen LogP contribution >= 0.6 is 0 Å². The number of ether oxygens (including phenoxy) is 1. The van der Waals surface area contributed by atoms with Gasteiger partial charge in [0.1, 0.15) is 5.69 Å². The zero-order valence-electron chi connectivity index (χ0n) is 14.3. The van der Waals surface area contributed by atoms with E-state index in [0.717, 1.165) is 49.6 Å². The van der Waals surface area contributed by atoms with Gasteiger partial charge in [0.15, 0.2) is 0 Å². The van der Waals surface area contributed by atoms with E-state index in [9.17, 15) is 4.79 Å². The Morgan fingerprint density at radius 1 is 1.44 bits per heavy atom. The molecule has 8 nitrogen and oxygen atoms in total. The third-order valence-corrected chi connectivity index (χ3v) is 4.78. The van der Waals surface area contributed by atoms with Crippen molar-refractivity contribution in [2.24, 2.45) is 7.05 Å². The van der Waals surface area contributed by atoms with Crippen LogP contribution in [0.1, 0.15) is 34.6 Å². The molecule has 4 rings (SSSR count). The normalized spacial score (nSPS) is 20.2. The fraction of sp³-hybridized carbons (Fsp3) is 0.529. The van der Waals surface area contributed by atoms with Gasteiger partial charge in [-0.1, -0.05) is 0 Å². The molecular formula is C17H22N6O2. The maximum absolute atomic E-state index is 12.4. The molecule has 132 valence electrons. The lowest BCUT2D eigenvalue weighted by molar-refractivity contribution is 0.0923. The summed E-state index contributed by atoms with van der Waals surface area (Å²) in [7, 11) is 1.77. The average molecular weight is 342 g/mol. The number of fused-ring (bicyclic) bond motifs is 1. The SMILES string of the molecule is Cn1nccc1C(=O)N[C@@H]1CCCN(c2ncc3c(n2)CCOC3)C1. The van der Waals surface area contributed by atoms with Gasteiger partial charge < -0.3 is 15.0 Å². The molecule has 0 aliphatic carbocycles. The Labute approximate surface area is 146 Å². The van der Waals surface area contributed by atoms with E-state index in [0.29, 0.717) is 18.9 Å². The predicted octanol–water partition coefficient (Wildman–Crippen LogP) is 0.682. The first-order valence-electron chi connectivity index (χ1n) is 8.67. The van der Waals surface area contributed by atoms with Crippen molar-refractivity contribution in [3.63, 3.8) is 0 Å². The van der Waals surface area contributed by atoms with Crippen LogP contribution in [0.5, 0.6) is 0 Å². The van der Waals surface area contributed by atoms with Crippen LogP contribution in [0.3, 0.4) is 0 Å². The summed E-state index contributed by atoms with van der Waals surface area (Å²) < 4.78 is 7.03. The number of rotatable bonds is 3. The molecule has 2 aromatic heterocycles. The Bertz CT molecular complexity index is 774. The number of nitrogens with zero attached hydrogens (tertiary/aromatic N) is 5. The Hall–Kier alpha value is -2.48. The van der Waals surface area contributed by atoms with Crippen LogP contribution in [-0.4, -0.2) is 51.4 Å². The molecule has 1 amide bonds. The molecule has 1 atom stereocenters. The summed E-state index contributed by atoms with van der Waals surface area (Å²) in [6.07, 6.45) is 6.29. The minimum atomic E-state index is -0.0876. The Balaban J connectivity index is 1.44. The Kier molecular flexibility index (Phi) is 4.35. The van der Waals surface area contributed by atoms with Gasteiger partial charge in [-0.05, 0) is 18.9 Å². The molecule has 0 aromatic carbocycles. The second kappa shape index (κ2) is 6.79. The van der Waals surface area contributed by atoms with Gasteiger partial charge in [0.25, 0.3) is 5.91 Å². The molecular weight excluding hydrogens is 320 g/mol. The lowest BCUT2D eigenvalue weighted by atomic mass is 10.1. The summed E-state index contributed by atoms with van der Waals surface area (Å²) in [6.45, 7) is 2.94. The van der Waals surface area contributed by atoms with Crippen molar-refractivity contribution < 1.29 is 9.53 Å². The number of carbonyl (C=O) groups is 1. The first-order chi connectivity index (χ1) is 12.2. The molecule has 1 fully saturated rings. The number of aryl methyl sites for hydroxylation is 1. The Morgan fingerprint density at radius 3 is 3.20 bits per heavy atom. The molecule has 2 aliphatic rings. The highest BCUT2D eigenvalue weighted by molar-refractivity contribution is 5.92. The second-order valence-electron chi connectivity index (χ2n) is 6.54. The van der Waals surface area contributed by atoms with Crippen LogP contribution in [0.15, 0.2) is 18.5 Å². The topological polar surface area (TPSA) is 85.2 Å². The van der Waals surface area contributed by atoms with Gasteiger partial charge in [0, 0.05) is 50.6 Å². The summed E-state index contributed by atoms with van der Waals surface area (Å²) in [5, 5.41) is 7.16. The van der Waals surface area contributed by atoms with Crippen molar-refractivity contribution >= 4 is 11.9 Å². The summed E-state index contributed by atoms with van der Waals surface area (Å²) in [5.74, 6) is 0.662. The van der Waals surface area contributed by atoms with E-state index >= 15 is 0 Å². The van der Waals surface area contributed by atoms with Crippen LogP contribution in [0, 0.1) is 0 Å². The number of aromatic nitrogens is 4. The van der Waals surface area contributed by atoms with Gasteiger partial charge >= 0.3 is 0 Å². The van der Waals surface area contributed by atoms with E-state index < -0.39 is 0 Å². The van der Waals surface area contributed by atoms with Gasteiger partial charge in [-0.15, -0.1) is 0 Å². The quantitative estimate of drug-likeness (QED) is 0.883. The minimum Gasteiger partial charge on any atom is -0.376 e. The maximum Gasteiger partial charge on any atom is 0.269 e. The largest absolute Gasteiger partial charge is 0.376 e. The molecule has 0 spiro atoms. The first kappa shape index (κ1) is 16.0. The van der Waals surface area contributed by atoms with Crippen molar-refractivity contribution in [3.8, 4) is 0 Å². The Morgan fingerprint density at radius 2 is 2.36 bits per heavy atom. The zero-order chi connectivity index (χ0) is 17.2. The van der Waals surface area contributed by atoms with E-state index in [2.05, 4.69) is 20.3 Å². The van der Waals surface area contributed by atoms with Gasteiger partial charge in [0.05, 0.1) is 18.9 Å². The molecule has 4 heterocycles. The molecule has 0 radical (unpaired) electrons. The average Bonchev–Trinajstić information content (AvgIpc) is 3.07. The van der Waals surface area contributed by atoms with Gasteiger partial charge in [0.2, 0.25) is 5.95 Å². The highest BCUT2D eigenvalue weighted by Gasteiger charge is 2.25. The van der Waals surface area contributed by atoms with Gasteiger partial charge in [-0.3, -0.25) is 9.48 Å². The van der Waals surface area contributed by atoms with Crippen LogP contribution in [0.4, 0.5) is 5.95 Å². The molecule has 0 unspecified atom stereocenters. The van der Waals surface area contributed by atoms with E-state index in [-0.39, 0.29) is 11.9 Å². The van der Waals surface area contributed by atoms with Crippen LogP contribution in [0.2, 0.25) is 0 Å². The number of hydrogen-bond donors (Lipinski definition) is 1. The van der Waals surface area contributed by atoms with Crippen molar-refractivity contribution in [3.05, 3.63) is 35.4 Å². The van der Waals surface area contributed by atoms with Gasteiger partial charge in [-0.2, -0.15) is 5.10 Å². The third kappa shape index (κ3) is 3.34. The van der Waals surface area contributed by atoms with Crippen LogP contribution < -0.4 is 10.2 Å². The smallest absolute Gasteiger partial charge is 0.269 e. The van der Waals surface area contributed by atoms with Crippen molar-refractivity contribution in [2.45, 2.75) is 31.9 Å². The maximum atomic E-state index is 12.4. The van der Waals surface area contributed by atoms with E-state index in [1.165, 1.54) is 0 Å².